The molecule has 0 radical (unpaired) electrons. The first-order valence-electron chi connectivity index (χ1n) is 12.8. The van der Waals surface area contributed by atoms with Crippen molar-refractivity contribution in [3.8, 4) is 0 Å². The van der Waals surface area contributed by atoms with E-state index in [4.69, 9.17) is 0 Å². The Labute approximate surface area is 179 Å². The summed E-state index contributed by atoms with van der Waals surface area (Å²) in [6, 6.07) is 0. The van der Waals surface area contributed by atoms with Crippen molar-refractivity contribution in [1.29, 1.82) is 0 Å². The Balaban J connectivity index is 1.46. The largest absolute Gasteiger partial charge is 0.396 e. The molecule has 2 nitrogen and oxygen atoms in total. The molecule has 0 aromatic rings. The van der Waals surface area contributed by atoms with E-state index in [1.165, 1.54) is 57.8 Å². The molecule has 0 saturated heterocycles. The van der Waals surface area contributed by atoms with E-state index >= 15 is 0 Å². The molecule has 29 heavy (non-hydrogen) atoms. The Hall–Kier alpha value is -0.340. The number of rotatable bonds is 6. The minimum atomic E-state index is -0.0926. The van der Waals surface area contributed by atoms with Crippen molar-refractivity contribution in [2.45, 2.75) is 104 Å². The number of aliphatic hydroxyl groups excluding tert-OH is 2. The Kier molecular flexibility index (Phi) is 6.26. The van der Waals surface area contributed by atoms with Crippen LogP contribution in [0.2, 0.25) is 0 Å². The highest BCUT2D eigenvalue weighted by Gasteiger charge is 2.59. The molecular weight excluding hydrogens is 356 g/mol. The lowest BCUT2D eigenvalue weighted by atomic mass is 9.47. The highest BCUT2D eigenvalue weighted by Crippen LogP contribution is 2.67. The average molecular weight is 403 g/mol. The van der Waals surface area contributed by atoms with Crippen molar-refractivity contribution in [2.75, 3.05) is 6.61 Å². The van der Waals surface area contributed by atoms with Crippen molar-refractivity contribution in [3.05, 3.63) is 11.6 Å². The van der Waals surface area contributed by atoms with Crippen LogP contribution in [0.4, 0.5) is 0 Å². The van der Waals surface area contributed by atoms with Gasteiger partial charge in [0.1, 0.15) is 0 Å². The maximum atomic E-state index is 10.2. The lowest BCUT2D eigenvalue weighted by molar-refractivity contribution is -0.0573. The van der Waals surface area contributed by atoms with Gasteiger partial charge in [-0.15, -0.1) is 0 Å². The number of hydrogen-bond acceptors (Lipinski definition) is 2. The topological polar surface area (TPSA) is 40.5 Å². The van der Waals surface area contributed by atoms with Gasteiger partial charge in [-0.3, -0.25) is 0 Å². The zero-order valence-corrected chi connectivity index (χ0v) is 19.5. The first-order chi connectivity index (χ1) is 13.8. The van der Waals surface area contributed by atoms with Gasteiger partial charge in [0.15, 0.2) is 0 Å². The Morgan fingerprint density at radius 3 is 2.59 bits per heavy atom. The standard InChI is InChI=1S/C27H46O2/c1-18(17-28)6-5-7-19(2)23-10-11-24-22-9-8-20-16-21(29)12-14-26(20,3)25(22)13-15-27(23,24)4/h8,18-19,21-25,28-29H,5-7,9-17H2,1-4H3/t18?,19-,21+,22?,23?,24?,25?,26+,27-/m1/s1. The lowest BCUT2D eigenvalue weighted by Gasteiger charge is -2.58. The molecule has 0 aromatic carbocycles. The average Bonchev–Trinajstić information content (AvgIpc) is 3.05. The van der Waals surface area contributed by atoms with Crippen LogP contribution in [0.3, 0.4) is 0 Å². The van der Waals surface area contributed by atoms with Gasteiger partial charge in [0.25, 0.3) is 0 Å². The van der Waals surface area contributed by atoms with Crippen molar-refractivity contribution in [2.24, 2.45) is 46.3 Å². The van der Waals surface area contributed by atoms with Crippen LogP contribution >= 0.6 is 0 Å². The predicted molar refractivity (Wildman–Crippen MR) is 120 cm³/mol. The first kappa shape index (κ1) is 21.9. The van der Waals surface area contributed by atoms with Crippen molar-refractivity contribution in [3.63, 3.8) is 0 Å². The molecule has 2 heteroatoms. The molecule has 3 fully saturated rings. The van der Waals surface area contributed by atoms with Crippen LogP contribution in [0.5, 0.6) is 0 Å². The third-order valence-corrected chi connectivity index (χ3v) is 10.5. The van der Waals surface area contributed by atoms with Gasteiger partial charge >= 0.3 is 0 Å². The van der Waals surface area contributed by atoms with Gasteiger partial charge in [0.05, 0.1) is 6.10 Å². The zero-order chi connectivity index (χ0) is 20.8. The van der Waals surface area contributed by atoms with Gasteiger partial charge in [-0.05, 0) is 104 Å². The second-order valence-electron chi connectivity index (χ2n) is 12.1. The molecular formula is C27H46O2. The minimum absolute atomic E-state index is 0.0926. The van der Waals surface area contributed by atoms with E-state index in [2.05, 4.69) is 33.8 Å². The van der Waals surface area contributed by atoms with Crippen LogP contribution in [-0.4, -0.2) is 22.9 Å². The SMILES string of the molecule is CC(CO)CCC[C@@H](C)C1CCC2C3CC=C4C[C@@H](O)CC[C@]4(C)C3CC[C@@]21C. The van der Waals surface area contributed by atoms with Crippen LogP contribution in [-0.2, 0) is 0 Å². The Morgan fingerprint density at radius 1 is 1.03 bits per heavy atom. The van der Waals surface area contributed by atoms with E-state index in [0.29, 0.717) is 23.4 Å². The smallest absolute Gasteiger partial charge is 0.0577 e. The van der Waals surface area contributed by atoms with E-state index in [-0.39, 0.29) is 6.10 Å². The molecule has 4 aliphatic carbocycles. The summed E-state index contributed by atoms with van der Waals surface area (Å²) in [6.45, 7) is 10.2. The van der Waals surface area contributed by atoms with Gasteiger partial charge in [-0.25, -0.2) is 0 Å². The summed E-state index contributed by atoms with van der Waals surface area (Å²) >= 11 is 0. The molecule has 5 unspecified atom stereocenters. The van der Waals surface area contributed by atoms with E-state index < -0.39 is 0 Å². The molecule has 4 rings (SSSR count). The summed E-state index contributed by atoms with van der Waals surface area (Å²) in [5.74, 6) is 4.82. The summed E-state index contributed by atoms with van der Waals surface area (Å²) in [4.78, 5) is 0. The van der Waals surface area contributed by atoms with Gasteiger partial charge in [-0.2, -0.15) is 0 Å². The quantitative estimate of drug-likeness (QED) is 0.507. The van der Waals surface area contributed by atoms with E-state index in [9.17, 15) is 10.2 Å². The molecule has 0 spiro atoms. The van der Waals surface area contributed by atoms with Crippen LogP contribution in [0.25, 0.3) is 0 Å². The normalized spacial score (nSPS) is 46.3. The summed E-state index contributed by atoms with van der Waals surface area (Å²) in [5, 5.41) is 19.5. The number of hydrogen-bond donors (Lipinski definition) is 2. The molecule has 0 heterocycles. The molecule has 166 valence electrons. The molecule has 0 aromatic heterocycles. The van der Waals surface area contributed by atoms with Gasteiger partial charge in [0.2, 0.25) is 0 Å². The maximum Gasteiger partial charge on any atom is 0.0577 e. The van der Waals surface area contributed by atoms with Gasteiger partial charge < -0.3 is 10.2 Å². The summed E-state index contributed by atoms with van der Waals surface area (Å²) in [5.41, 5.74) is 2.51. The van der Waals surface area contributed by atoms with E-state index in [1.54, 1.807) is 5.57 Å². The lowest BCUT2D eigenvalue weighted by Crippen LogP contribution is -2.50. The summed E-state index contributed by atoms with van der Waals surface area (Å²) in [7, 11) is 0. The van der Waals surface area contributed by atoms with Crippen molar-refractivity contribution in [1.82, 2.24) is 0 Å². The third-order valence-electron chi connectivity index (χ3n) is 10.5. The van der Waals surface area contributed by atoms with E-state index in [0.717, 1.165) is 42.4 Å². The fourth-order valence-electron chi connectivity index (χ4n) is 8.70. The Bertz CT molecular complexity index is 612. The highest BCUT2D eigenvalue weighted by molar-refractivity contribution is 5.25. The predicted octanol–water partition coefficient (Wildman–Crippen LogP) is 6.36. The summed E-state index contributed by atoms with van der Waals surface area (Å²) in [6.07, 6.45) is 16.4. The molecule has 4 aliphatic rings. The first-order valence-corrected chi connectivity index (χ1v) is 12.8. The molecule has 0 aliphatic heterocycles. The second-order valence-corrected chi connectivity index (χ2v) is 12.1. The molecule has 2 N–H and O–H groups in total. The number of fused-ring (bicyclic) bond motifs is 5. The second kappa shape index (κ2) is 8.30. The zero-order valence-electron chi connectivity index (χ0n) is 19.5. The molecule has 0 amide bonds. The minimum Gasteiger partial charge on any atom is -0.396 e. The number of allylic oxidation sites excluding steroid dienone is 1. The fourth-order valence-corrected chi connectivity index (χ4v) is 8.70. The van der Waals surface area contributed by atoms with Crippen molar-refractivity contribution >= 4 is 0 Å². The van der Waals surface area contributed by atoms with Crippen LogP contribution in [0.15, 0.2) is 11.6 Å². The fraction of sp³-hybridized carbons (Fsp3) is 0.926. The number of aliphatic hydroxyl groups is 2. The molecule has 0 bridgehead atoms. The van der Waals surface area contributed by atoms with E-state index in [1.807, 2.05) is 0 Å². The van der Waals surface area contributed by atoms with Crippen LogP contribution in [0.1, 0.15) is 98.3 Å². The van der Waals surface area contributed by atoms with Gasteiger partial charge in [0, 0.05) is 6.61 Å². The molecule has 9 atom stereocenters. The molecule has 3 saturated carbocycles. The monoisotopic (exact) mass is 402 g/mol. The van der Waals surface area contributed by atoms with Crippen molar-refractivity contribution < 1.29 is 10.2 Å². The Morgan fingerprint density at radius 2 is 1.83 bits per heavy atom. The summed E-state index contributed by atoms with van der Waals surface area (Å²) < 4.78 is 0. The highest BCUT2D eigenvalue weighted by atomic mass is 16.3. The van der Waals surface area contributed by atoms with Crippen LogP contribution < -0.4 is 0 Å². The van der Waals surface area contributed by atoms with Gasteiger partial charge in [-0.1, -0.05) is 52.2 Å². The van der Waals surface area contributed by atoms with Crippen LogP contribution in [0, 0.1) is 46.3 Å². The third kappa shape index (κ3) is 3.75. The maximum absolute atomic E-state index is 10.2.